The van der Waals surface area contributed by atoms with Crippen LogP contribution in [-0.4, -0.2) is 33.0 Å². The Labute approximate surface area is 143 Å². The van der Waals surface area contributed by atoms with E-state index in [1.54, 1.807) is 23.2 Å². The van der Waals surface area contributed by atoms with E-state index in [9.17, 15) is 8.42 Å². The van der Waals surface area contributed by atoms with Crippen LogP contribution in [0.1, 0.15) is 63.4 Å². The van der Waals surface area contributed by atoms with E-state index in [4.69, 9.17) is 0 Å². The average molecular weight is 354 g/mol. The number of aryl methyl sites for hydroxylation is 2. The molecule has 24 heavy (non-hydrogen) atoms. The van der Waals surface area contributed by atoms with Crippen LogP contribution in [0.3, 0.4) is 0 Å². The summed E-state index contributed by atoms with van der Waals surface area (Å²) in [7, 11) is -3.71. The van der Waals surface area contributed by atoms with Gasteiger partial charge >= 0.3 is 0 Å². The summed E-state index contributed by atoms with van der Waals surface area (Å²) < 4.78 is 32.1. The van der Waals surface area contributed by atoms with Crippen molar-refractivity contribution in [2.24, 2.45) is 0 Å². The number of hydrogen-bond donors (Lipinski definition) is 1. The number of nitrogens with one attached hydrogen (secondary N) is 1. The topological polar surface area (TPSA) is 94.7 Å². The molecule has 0 bridgehead atoms. The molecule has 0 saturated carbocycles. The van der Waals surface area contributed by atoms with Crippen LogP contribution >= 0.6 is 0 Å². The minimum atomic E-state index is -3.71. The lowest BCUT2D eigenvalue weighted by atomic mass is 10.2. The van der Waals surface area contributed by atoms with Crippen LogP contribution in [0.4, 0.5) is 0 Å². The highest BCUT2D eigenvalue weighted by atomic mass is 32.2. The van der Waals surface area contributed by atoms with Gasteiger partial charge in [-0.15, -0.1) is 0 Å². The molecule has 0 aliphatic rings. The summed E-state index contributed by atoms with van der Waals surface area (Å²) in [5.41, 5.74) is 1.14. The van der Waals surface area contributed by atoms with Gasteiger partial charge < -0.3 is 0 Å². The van der Waals surface area contributed by atoms with Crippen LogP contribution in [0.15, 0.2) is 11.2 Å². The Morgan fingerprint density at radius 2 is 1.92 bits per heavy atom. The van der Waals surface area contributed by atoms with Crippen molar-refractivity contribution in [2.45, 2.75) is 71.5 Å². The summed E-state index contributed by atoms with van der Waals surface area (Å²) in [6.45, 7) is 11.9. The highest BCUT2D eigenvalue weighted by molar-refractivity contribution is 7.89. The summed E-state index contributed by atoms with van der Waals surface area (Å²) >= 11 is 0. The molecule has 0 saturated heterocycles. The number of rotatable bonds is 7. The number of nitrogens with zero attached hydrogens (tertiary/aromatic N) is 5. The molecule has 2 aromatic heterocycles. The Morgan fingerprint density at radius 3 is 2.42 bits per heavy atom. The van der Waals surface area contributed by atoms with Crippen molar-refractivity contribution in [1.82, 2.24) is 29.3 Å². The van der Waals surface area contributed by atoms with Crippen LogP contribution in [0.25, 0.3) is 0 Å². The fourth-order valence-electron chi connectivity index (χ4n) is 2.89. The van der Waals surface area contributed by atoms with E-state index < -0.39 is 16.1 Å². The van der Waals surface area contributed by atoms with Gasteiger partial charge in [0.1, 0.15) is 17.0 Å². The van der Waals surface area contributed by atoms with Gasteiger partial charge in [0, 0.05) is 12.6 Å². The third-order valence-electron chi connectivity index (χ3n) is 3.98. The summed E-state index contributed by atoms with van der Waals surface area (Å²) in [6, 6.07) is -0.337. The lowest BCUT2D eigenvalue weighted by molar-refractivity contribution is 0.500. The van der Waals surface area contributed by atoms with E-state index in [0.29, 0.717) is 30.2 Å². The normalized spacial score (nSPS) is 13.6. The van der Waals surface area contributed by atoms with E-state index in [-0.39, 0.29) is 10.9 Å². The van der Waals surface area contributed by atoms with Gasteiger partial charge in [-0.25, -0.2) is 22.8 Å². The first-order valence-corrected chi connectivity index (χ1v) is 9.66. The highest BCUT2D eigenvalue weighted by Crippen LogP contribution is 2.25. The van der Waals surface area contributed by atoms with E-state index in [1.165, 1.54) is 6.33 Å². The summed E-state index contributed by atoms with van der Waals surface area (Å²) in [6.07, 6.45) is 2.03. The van der Waals surface area contributed by atoms with Gasteiger partial charge in [0.05, 0.1) is 17.4 Å². The molecule has 0 spiro atoms. The first-order valence-electron chi connectivity index (χ1n) is 8.18. The van der Waals surface area contributed by atoms with Crippen molar-refractivity contribution >= 4 is 10.0 Å². The van der Waals surface area contributed by atoms with Crippen LogP contribution in [0, 0.1) is 13.8 Å². The molecule has 2 heterocycles. The third kappa shape index (κ3) is 3.36. The molecule has 8 nitrogen and oxygen atoms in total. The molecule has 2 rings (SSSR count). The maximum absolute atomic E-state index is 13.0. The van der Waals surface area contributed by atoms with Crippen LogP contribution in [0.5, 0.6) is 0 Å². The smallest absolute Gasteiger partial charge is 0.244 e. The Hall–Kier alpha value is -1.74. The molecule has 134 valence electrons. The third-order valence-corrected chi connectivity index (χ3v) is 5.70. The van der Waals surface area contributed by atoms with Gasteiger partial charge in [0.25, 0.3) is 0 Å². The molecule has 0 fully saturated rings. The van der Waals surface area contributed by atoms with Crippen LogP contribution in [-0.2, 0) is 16.6 Å². The monoisotopic (exact) mass is 354 g/mol. The van der Waals surface area contributed by atoms with Crippen LogP contribution in [0.2, 0.25) is 0 Å². The molecule has 1 N–H and O–H groups in total. The predicted octanol–water partition coefficient (Wildman–Crippen LogP) is 2.12. The molecule has 0 radical (unpaired) electrons. The second kappa shape index (κ2) is 7.02. The van der Waals surface area contributed by atoms with Crippen molar-refractivity contribution in [1.29, 1.82) is 0 Å². The zero-order valence-electron chi connectivity index (χ0n) is 15.1. The second-order valence-corrected chi connectivity index (χ2v) is 7.71. The maximum Gasteiger partial charge on any atom is 0.244 e. The molecule has 1 atom stereocenters. The van der Waals surface area contributed by atoms with Gasteiger partial charge in [-0.1, -0.05) is 6.92 Å². The SMILES string of the molecule is CC[C@@H](NS(=O)(=O)c1c(C)nn(C(C)C)c1C)c1ncnn1CC. The second-order valence-electron chi connectivity index (χ2n) is 6.05. The summed E-state index contributed by atoms with van der Waals surface area (Å²) in [4.78, 5) is 4.47. The number of sulfonamides is 1. The van der Waals surface area contributed by atoms with Gasteiger partial charge in [0.2, 0.25) is 10.0 Å². The van der Waals surface area contributed by atoms with Crippen molar-refractivity contribution < 1.29 is 8.42 Å². The molecule has 9 heteroatoms. The predicted molar refractivity (Wildman–Crippen MR) is 91.1 cm³/mol. The van der Waals surface area contributed by atoms with Gasteiger partial charge in [-0.3, -0.25) is 4.68 Å². The molecular formula is C15H26N6O2S. The first-order chi connectivity index (χ1) is 11.2. The molecule has 0 aliphatic carbocycles. The van der Waals surface area contributed by atoms with Crippen molar-refractivity contribution in [2.75, 3.05) is 0 Å². The first kappa shape index (κ1) is 18.6. The molecule has 0 aliphatic heterocycles. The molecule has 0 aromatic carbocycles. The Kier molecular flexibility index (Phi) is 5.44. The van der Waals surface area contributed by atoms with Crippen molar-refractivity contribution in [3.63, 3.8) is 0 Å². The zero-order valence-corrected chi connectivity index (χ0v) is 15.9. The molecule has 0 unspecified atom stereocenters. The zero-order chi connectivity index (χ0) is 18.1. The standard InChI is InChI=1S/C15H26N6O2S/c1-7-13(15-16-9-17-20(15)8-2)19-24(22,23)14-11(5)18-21(10(3)4)12(14)6/h9-10,13,19H,7-8H2,1-6H3/t13-/m1/s1. The fourth-order valence-corrected chi connectivity index (χ4v) is 4.57. The molecule has 2 aromatic rings. The van der Waals surface area contributed by atoms with E-state index in [2.05, 4.69) is 19.9 Å². The fraction of sp³-hybridized carbons (Fsp3) is 0.667. The van der Waals surface area contributed by atoms with E-state index >= 15 is 0 Å². The molecular weight excluding hydrogens is 328 g/mol. The molecule has 0 amide bonds. The largest absolute Gasteiger partial charge is 0.266 e. The number of hydrogen-bond acceptors (Lipinski definition) is 5. The highest BCUT2D eigenvalue weighted by Gasteiger charge is 2.29. The van der Waals surface area contributed by atoms with Gasteiger partial charge in [-0.2, -0.15) is 10.2 Å². The lowest BCUT2D eigenvalue weighted by Crippen LogP contribution is -2.31. The number of aromatic nitrogens is 5. The average Bonchev–Trinajstić information content (AvgIpc) is 3.09. The van der Waals surface area contributed by atoms with Crippen molar-refractivity contribution in [3.8, 4) is 0 Å². The summed E-state index contributed by atoms with van der Waals surface area (Å²) in [5.74, 6) is 0.620. The Bertz CT molecular complexity index is 806. The minimum absolute atomic E-state index is 0.0952. The lowest BCUT2D eigenvalue weighted by Gasteiger charge is -2.17. The quantitative estimate of drug-likeness (QED) is 0.822. The minimum Gasteiger partial charge on any atom is -0.266 e. The maximum atomic E-state index is 13.0. The van der Waals surface area contributed by atoms with Crippen molar-refractivity contribution in [3.05, 3.63) is 23.5 Å². The van der Waals surface area contributed by atoms with E-state index in [0.717, 1.165) is 0 Å². The van der Waals surface area contributed by atoms with Gasteiger partial charge in [-0.05, 0) is 41.0 Å². The van der Waals surface area contributed by atoms with E-state index in [1.807, 2.05) is 27.7 Å². The van der Waals surface area contributed by atoms with Crippen LogP contribution < -0.4 is 4.72 Å². The summed E-state index contributed by atoms with van der Waals surface area (Å²) in [5, 5.41) is 8.49. The Balaban J connectivity index is 2.41. The van der Waals surface area contributed by atoms with Gasteiger partial charge in [0.15, 0.2) is 0 Å². The Morgan fingerprint density at radius 1 is 1.25 bits per heavy atom.